The molecule has 1 saturated heterocycles. The van der Waals surface area contributed by atoms with Gasteiger partial charge in [-0.2, -0.15) is 0 Å². The van der Waals surface area contributed by atoms with Gasteiger partial charge < -0.3 is 20.7 Å². The van der Waals surface area contributed by atoms with Crippen LogP contribution < -0.4 is 16.0 Å². The van der Waals surface area contributed by atoms with Crippen molar-refractivity contribution in [1.29, 1.82) is 0 Å². The van der Waals surface area contributed by atoms with E-state index in [0.29, 0.717) is 23.9 Å². The van der Waals surface area contributed by atoms with Crippen molar-refractivity contribution in [3.05, 3.63) is 6.33 Å². The van der Waals surface area contributed by atoms with Crippen LogP contribution in [0.3, 0.4) is 0 Å². The minimum atomic E-state index is -0.265. The van der Waals surface area contributed by atoms with Crippen molar-refractivity contribution >= 4 is 23.2 Å². The summed E-state index contributed by atoms with van der Waals surface area (Å²) in [5.74, 6) is 1.44. The number of rotatable bonds is 4. The van der Waals surface area contributed by atoms with Crippen molar-refractivity contribution in [3.8, 4) is 0 Å². The highest BCUT2D eigenvalue weighted by Gasteiger charge is 2.30. The number of hydrogen-bond donors (Lipinski definition) is 3. The average molecular weight is 291 g/mol. The zero-order valence-corrected chi connectivity index (χ0v) is 12.3. The largest absolute Gasteiger partial charge is 0.376 e. The maximum Gasteiger partial charge on any atom is 0.247 e. The monoisotopic (exact) mass is 291 g/mol. The van der Waals surface area contributed by atoms with Gasteiger partial charge in [0.15, 0.2) is 11.6 Å². The van der Waals surface area contributed by atoms with Crippen LogP contribution >= 0.6 is 0 Å². The smallest absolute Gasteiger partial charge is 0.247 e. The van der Waals surface area contributed by atoms with Crippen LogP contribution in [0.2, 0.25) is 0 Å². The van der Waals surface area contributed by atoms with Gasteiger partial charge in [0, 0.05) is 13.2 Å². The molecule has 1 fully saturated rings. The second-order valence-corrected chi connectivity index (χ2v) is 5.82. The molecule has 0 bridgehead atoms. The molecule has 3 rings (SSSR count). The number of nitrogens with zero attached hydrogens (tertiary/aromatic N) is 2. The summed E-state index contributed by atoms with van der Waals surface area (Å²) in [5.41, 5.74) is 0.623. The molecule has 2 aliphatic heterocycles. The quantitative estimate of drug-likeness (QED) is 0.778. The predicted molar refractivity (Wildman–Crippen MR) is 80.4 cm³/mol. The Morgan fingerprint density at radius 1 is 1.48 bits per heavy atom. The SMILES string of the molecule is CC(C)C1Nc2ncnc(NCC3CCCO3)c2NC1=O. The maximum absolute atomic E-state index is 12.1. The van der Waals surface area contributed by atoms with Crippen LogP contribution in [0.1, 0.15) is 26.7 Å². The van der Waals surface area contributed by atoms with Crippen LogP contribution in [0.15, 0.2) is 6.33 Å². The molecule has 0 spiro atoms. The van der Waals surface area contributed by atoms with Crippen molar-refractivity contribution in [2.45, 2.75) is 38.8 Å². The highest BCUT2D eigenvalue weighted by atomic mass is 16.5. The van der Waals surface area contributed by atoms with Gasteiger partial charge in [-0.15, -0.1) is 0 Å². The van der Waals surface area contributed by atoms with Gasteiger partial charge in [0.1, 0.15) is 18.1 Å². The van der Waals surface area contributed by atoms with Crippen LogP contribution in [0, 0.1) is 5.92 Å². The van der Waals surface area contributed by atoms with E-state index < -0.39 is 0 Å². The number of anilines is 3. The third kappa shape index (κ3) is 2.92. The summed E-state index contributed by atoms with van der Waals surface area (Å²) in [7, 11) is 0. The predicted octanol–water partition coefficient (Wildman–Crippen LogP) is 1.46. The van der Waals surface area contributed by atoms with E-state index in [1.165, 1.54) is 6.33 Å². The number of ether oxygens (including phenoxy) is 1. The molecule has 0 saturated carbocycles. The fraction of sp³-hybridized carbons (Fsp3) is 0.643. The van der Waals surface area contributed by atoms with Gasteiger partial charge in [-0.3, -0.25) is 4.79 Å². The second-order valence-electron chi connectivity index (χ2n) is 5.82. The molecular formula is C14H21N5O2. The number of fused-ring (bicyclic) bond motifs is 1. The standard InChI is InChI=1S/C14H21N5O2/c1-8(2)10-14(20)19-11-12(16-7-17-13(11)18-10)15-6-9-4-3-5-21-9/h7-10H,3-6H2,1-2H3,(H,19,20)(H2,15,16,17,18). The summed E-state index contributed by atoms with van der Waals surface area (Å²) in [4.78, 5) is 20.6. The van der Waals surface area contributed by atoms with Crippen LogP contribution in [-0.4, -0.2) is 41.2 Å². The summed E-state index contributed by atoms with van der Waals surface area (Å²) < 4.78 is 5.58. The molecule has 1 aromatic heterocycles. The molecule has 2 atom stereocenters. The normalized spacial score (nSPS) is 24.4. The Labute approximate surface area is 123 Å². The molecule has 2 aliphatic rings. The van der Waals surface area contributed by atoms with Gasteiger partial charge in [0.05, 0.1) is 6.10 Å². The first kappa shape index (κ1) is 14.1. The highest BCUT2D eigenvalue weighted by Crippen LogP contribution is 2.31. The Kier molecular flexibility index (Phi) is 3.92. The molecule has 7 nitrogen and oxygen atoms in total. The molecule has 1 amide bonds. The topological polar surface area (TPSA) is 88.2 Å². The molecule has 2 unspecified atom stereocenters. The van der Waals surface area contributed by atoms with Gasteiger partial charge >= 0.3 is 0 Å². The van der Waals surface area contributed by atoms with E-state index in [1.54, 1.807) is 0 Å². The fourth-order valence-corrected chi connectivity index (χ4v) is 2.65. The summed E-state index contributed by atoms with van der Waals surface area (Å²) in [6.07, 6.45) is 3.87. The van der Waals surface area contributed by atoms with Crippen molar-refractivity contribution in [2.75, 3.05) is 29.1 Å². The number of amides is 1. The molecule has 7 heteroatoms. The maximum atomic E-state index is 12.1. The molecule has 21 heavy (non-hydrogen) atoms. The minimum absolute atomic E-state index is 0.0486. The molecule has 0 aromatic carbocycles. The first-order valence-electron chi connectivity index (χ1n) is 7.43. The van der Waals surface area contributed by atoms with E-state index in [0.717, 1.165) is 19.4 Å². The lowest BCUT2D eigenvalue weighted by Gasteiger charge is -2.29. The Bertz CT molecular complexity index is 528. The van der Waals surface area contributed by atoms with Gasteiger partial charge in [-0.1, -0.05) is 13.8 Å². The van der Waals surface area contributed by atoms with Crippen molar-refractivity contribution in [2.24, 2.45) is 5.92 Å². The number of nitrogens with one attached hydrogen (secondary N) is 3. The Morgan fingerprint density at radius 3 is 3.05 bits per heavy atom. The first-order valence-corrected chi connectivity index (χ1v) is 7.43. The van der Waals surface area contributed by atoms with Gasteiger partial charge in [-0.25, -0.2) is 9.97 Å². The Hall–Kier alpha value is -1.89. The van der Waals surface area contributed by atoms with E-state index in [2.05, 4.69) is 25.9 Å². The lowest BCUT2D eigenvalue weighted by Crippen LogP contribution is -2.43. The summed E-state index contributed by atoms with van der Waals surface area (Å²) >= 11 is 0. The molecule has 3 N–H and O–H groups in total. The number of carbonyl (C=O) groups excluding carboxylic acids is 1. The zero-order valence-electron chi connectivity index (χ0n) is 12.3. The van der Waals surface area contributed by atoms with E-state index in [-0.39, 0.29) is 24.0 Å². The number of carbonyl (C=O) groups is 1. The molecule has 114 valence electrons. The number of aromatic nitrogens is 2. The first-order chi connectivity index (χ1) is 10.1. The third-order valence-electron chi connectivity index (χ3n) is 3.86. The van der Waals surface area contributed by atoms with Crippen LogP contribution in [0.4, 0.5) is 17.3 Å². The van der Waals surface area contributed by atoms with Gasteiger partial charge in [0.2, 0.25) is 5.91 Å². The molecule has 3 heterocycles. The van der Waals surface area contributed by atoms with E-state index in [4.69, 9.17) is 4.74 Å². The third-order valence-corrected chi connectivity index (χ3v) is 3.86. The molecule has 0 aliphatic carbocycles. The van der Waals surface area contributed by atoms with Gasteiger partial charge in [-0.05, 0) is 18.8 Å². The molecule has 0 radical (unpaired) electrons. The fourth-order valence-electron chi connectivity index (χ4n) is 2.65. The van der Waals surface area contributed by atoms with Gasteiger partial charge in [0.25, 0.3) is 0 Å². The van der Waals surface area contributed by atoms with E-state index >= 15 is 0 Å². The summed E-state index contributed by atoms with van der Waals surface area (Å²) in [5, 5.41) is 9.33. The van der Waals surface area contributed by atoms with Crippen molar-refractivity contribution in [1.82, 2.24) is 9.97 Å². The molecule has 1 aromatic rings. The van der Waals surface area contributed by atoms with Crippen LogP contribution in [-0.2, 0) is 9.53 Å². The lowest BCUT2D eigenvalue weighted by molar-refractivity contribution is -0.117. The Morgan fingerprint density at radius 2 is 2.33 bits per heavy atom. The summed E-state index contributed by atoms with van der Waals surface area (Å²) in [6, 6.07) is -0.265. The van der Waals surface area contributed by atoms with E-state index in [9.17, 15) is 4.79 Å². The van der Waals surface area contributed by atoms with Crippen LogP contribution in [0.25, 0.3) is 0 Å². The lowest BCUT2D eigenvalue weighted by atomic mass is 10.0. The Balaban J connectivity index is 1.75. The minimum Gasteiger partial charge on any atom is -0.376 e. The second kappa shape index (κ2) is 5.85. The average Bonchev–Trinajstić information content (AvgIpc) is 2.97. The van der Waals surface area contributed by atoms with Crippen LogP contribution in [0.5, 0.6) is 0 Å². The number of hydrogen-bond acceptors (Lipinski definition) is 6. The zero-order chi connectivity index (χ0) is 14.8. The van der Waals surface area contributed by atoms with Crippen molar-refractivity contribution in [3.63, 3.8) is 0 Å². The summed E-state index contributed by atoms with van der Waals surface area (Å²) in [6.45, 7) is 5.51. The van der Waals surface area contributed by atoms with Crippen molar-refractivity contribution < 1.29 is 9.53 Å². The molecular weight excluding hydrogens is 270 g/mol. The highest BCUT2D eigenvalue weighted by molar-refractivity contribution is 6.04. The van der Waals surface area contributed by atoms with E-state index in [1.807, 2.05) is 13.8 Å².